The van der Waals surface area contributed by atoms with Crippen LogP contribution in [0.15, 0.2) is 10.6 Å². The van der Waals surface area contributed by atoms with E-state index in [0.29, 0.717) is 24.4 Å². The lowest BCUT2D eigenvalue weighted by atomic mass is 9.98. The van der Waals surface area contributed by atoms with Gasteiger partial charge in [-0.3, -0.25) is 9.59 Å². The smallest absolute Gasteiger partial charge is 0.331 e. The predicted molar refractivity (Wildman–Crippen MR) is 93.2 cm³/mol. The summed E-state index contributed by atoms with van der Waals surface area (Å²) in [5, 5.41) is 9.06. The highest BCUT2D eigenvalue weighted by molar-refractivity contribution is 8.00. The van der Waals surface area contributed by atoms with Gasteiger partial charge in [0.05, 0.1) is 18.1 Å². The number of carbonyl (C=O) groups is 3. The Morgan fingerprint density at radius 3 is 2.56 bits per heavy atom. The molecule has 2 amide bonds. The maximum atomic E-state index is 12.2. The number of amides is 2. The fourth-order valence-corrected chi connectivity index (χ4v) is 3.39. The van der Waals surface area contributed by atoms with E-state index in [2.05, 4.69) is 15.8 Å². The molecule has 0 spiro atoms. The molecule has 1 aromatic heterocycles. The van der Waals surface area contributed by atoms with Crippen LogP contribution in [0.2, 0.25) is 0 Å². The van der Waals surface area contributed by atoms with E-state index in [0.717, 1.165) is 12.8 Å². The van der Waals surface area contributed by atoms with E-state index in [9.17, 15) is 14.4 Å². The fraction of sp³-hybridized carbons (Fsp3) is 0.625. The van der Waals surface area contributed by atoms with Crippen LogP contribution in [-0.4, -0.2) is 46.6 Å². The molecule has 1 aromatic rings. The number of hydrogen-bond donors (Lipinski definition) is 2. The third-order valence-corrected chi connectivity index (χ3v) is 4.80. The van der Waals surface area contributed by atoms with Crippen LogP contribution >= 0.6 is 11.8 Å². The van der Waals surface area contributed by atoms with Gasteiger partial charge in [0.15, 0.2) is 5.82 Å². The Bertz CT molecular complexity index is 625. The van der Waals surface area contributed by atoms with Crippen molar-refractivity contribution >= 4 is 35.4 Å². The Labute approximate surface area is 150 Å². The van der Waals surface area contributed by atoms with E-state index in [-0.39, 0.29) is 35.9 Å². The lowest BCUT2D eigenvalue weighted by Crippen LogP contribution is -2.54. The number of hydrogen-bond acceptors (Lipinski definition) is 7. The number of esters is 1. The average molecular weight is 369 g/mol. The lowest BCUT2D eigenvalue weighted by molar-refractivity contribution is -0.152. The second-order valence-corrected chi connectivity index (χ2v) is 6.91. The van der Waals surface area contributed by atoms with Crippen LogP contribution in [-0.2, 0) is 19.1 Å². The van der Waals surface area contributed by atoms with Crippen LogP contribution in [0, 0.1) is 6.92 Å². The minimum Gasteiger partial charge on any atom is -0.464 e. The lowest BCUT2D eigenvalue weighted by Gasteiger charge is -2.27. The molecule has 0 aromatic carbocycles. The molecule has 9 heteroatoms. The topological polar surface area (TPSA) is 111 Å². The zero-order valence-corrected chi connectivity index (χ0v) is 15.2. The van der Waals surface area contributed by atoms with Gasteiger partial charge in [0.2, 0.25) is 11.8 Å². The molecule has 25 heavy (non-hydrogen) atoms. The molecule has 0 aliphatic heterocycles. The molecule has 2 N–H and O–H groups in total. The van der Waals surface area contributed by atoms with Crippen molar-refractivity contribution in [2.45, 2.75) is 45.1 Å². The second kappa shape index (κ2) is 8.89. The number of anilines is 1. The molecule has 1 saturated carbocycles. The molecule has 0 radical (unpaired) electrons. The summed E-state index contributed by atoms with van der Waals surface area (Å²) in [6.45, 7) is 3.75. The van der Waals surface area contributed by atoms with Crippen LogP contribution in [0.3, 0.4) is 0 Å². The molecule has 138 valence electrons. The molecule has 8 nitrogen and oxygen atoms in total. The highest BCUT2D eigenvalue weighted by Crippen LogP contribution is 2.31. The van der Waals surface area contributed by atoms with Gasteiger partial charge in [-0.25, -0.2) is 4.79 Å². The van der Waals surface area contributed by atoms with Crippen molar-refractivity contribution in [3.8, 4) is 0 Å². The molecule has 0 unspecified atom stereocenters. The van der Waals surface area contributed by atoms with Crippen molar-refractivity contribution in [1.82, 2.24) is 10.5 Å². The zero-order chi connectivity index (χ0) is 18.3. The van der Waals surface area contributed by atoms with Crippen molar-refractivity contribution in [1.29, 1.82) is 0 Å². The van der Waals surface area contributed by atoms with Crippen LogP contribution in [0.25, 0.3) is 0 Å². The largest absolute Gasteiger partial charge is 0.464 e. The SMILES string of the molecule is CCOC(=O)C1(NC(=O)CSCC(=O)Nc2cc(C)on2)CCCC1. The third-order valence-electron chi connectivity index (χ3n) is 3.86. The normalized spacial score (nSPS) is 15.6. The summed E-state index contributed by atoms with van der Waals surface area (Å²) in [6, 6.07) is 1.61. The zero-order valence-electron chi connectivity index (χ0n) is 14.4. The first-order chi connectivity index (χ1) is 11.9. The molecule has 0 saturated heterocycles. The van der Waals surface area contributed by atoms with E-state index >= 15 is 0 Å². The second-order valence-electron chi connectivity index (χ2n) is 5.92. The Morgan fingerprint density at radius 1 is 1.28 bits per heavy atom. The van der Waals surface area contributed by atoms with Crippen LogP contribution in [0.4, 0.5) is 5.82 Å². The van der Waals surface area contributed by atoms with Crippen molar-refractivity contribution in [2.75, 3.05) is 23.4 Å². The molecule has 1 fully saturated rings. The fourth-order valence-electron chi connectivity index (χ4n) is 2.77. The average Bonchev–Trinajstić information content (AvgIpc) is 3.17. The van der Waals surface area contributed by atoms with Gasteiger partial charge in [0, 0.05) is 6.07 Å². The molecule has 2 rings (SSSR count). The van der Waals surface area contributed by atoms with E-state index in [1.165, 1.54) is 11.8 Å². The van der Waals surface area contributed by atoms with Crippen molar-refractivity contribution < 1.29 is 23.6 Å². The summed E-state index contributed by atoms with van der Waals surface area (Å²) in [5.41, 5.74) is -0.909. The molecule has 1 aliphatic carbocycles. The van der Waals surface area contributed by atoms with E-state index in [1.54, 1.807) is 19.9 Å². The standard InChI is InChI=1S/C16H23N3O5S/c1-3-23-15(22)16(6-4-5-7-16)18-14(21)10-25-9-13(20)17-12-8-11(2)24-19-12/h8H,3-7,9-10H2,1-2H3,(H,18,21)(H,17,19,20). The van der Waals surface area contributed by atoms with Gasteiger partial charge in [-0.05, 0) is 26.7 Å². The van der Waals surface area contributed by atoms with Crippen molar-refractivity contribution in [3.05, 3.63) is 11.8 Å². The van der Waals surface area contributed by atoms with Crippen LogP contribution < -0.4 is 10.6 Å². The Morgan fingerprint density at radius 2 is 1.96 bits per heavy atom. The van der Waals surface area contributed by atoms with E-state index in [1.807, 2.05) is 0 Å². The van der Waals surface area contributed by atoms with E-state index in [4.69, 9.17) is 9.26 Å². The minimum atomic E-state index is -0.909. The number of nitrogens with zero attached hydrogens (tertiary/aromatic N) is 1. The molecule has 1 heterocycles. The van der Waals surface area contributed by atoms with Crippen molar-refractivity contribution in [3.63, 3.8) is 0 Å². The van der Waals surface area contributed by atoms with E-state index < -0.39 is 5.54 Å². The first-order valence-electron chi connectivity index (χ1n) is 8.24. The van der Waals surface area contributed by atoms with Crippen molar-refractivity contribution in [2.24, 2.45) is 0 Å². The Kier molecular flexibility index (Phi) is 6.86. The van der Waals surface area contributed by atoms with Gasteiger partial charge in [0.1, 0.15) is 11.3 Å². The molecular formula is C16H23N3O5S. The summed E-state index contributed by atoms with van der Waals surface area (Å²) in [4.78, 5) is 36.1. The third kappa shape index (κ3) is 5.48. The maximum Gasteiger partial charge on any atom is 0.331 e. The summed E-state index contributed by atoms with van der Waals surface area (Å²) < 4.78 is 9.96. The summed E-state index contributed by atoms with van der Waals surface area (Å²) in [5.74, 6) is 0.225. The Hall–Kier alpha value is -2.03. The minimum absolute atomic E-state index is 0.0897. The molecule has 0 atom stereocenters. The Balaban J connectivity index is 1.75. The van der Waals surface area contributed by atoms with Gasteiger partial charge in [-0.1, -0.05) is 18.0 Å². The number of aryl methyl sites for hydroxylation is 1. The van der Waals surface area contributed by atoms with Gasteiger partial charge < -0.3 is 19.9 Å². The number of carbonyl (C=O) groups excluding carboxylic acids is 3. The summed E-state index contributed by atoms with van der Waals surface area (Å²) in [6.07, 6.45) is 2.94. The number of aromatic nitrogens is 1. The highest BCUT2D eigenvalue weighted by atomic mass is 32.2. The van der Waals surface area contributed by atoms with Crippen LogP contribution in [0.1, 0.15) is 38.4 Å². The number of ether oxygens (including phenoxy) is 1. The first-order valence-corrected chi connectivity index (χ1v) is 9.40. The van der Waals surface area contributed by atoms with Gasteiger partial charge in [-0.2, -0.15) is 0 Å². The highest BCUT2D eigenvalue weighted by Gasteiger charge is 2.43. The van der Waals surface area contributed by atoms with Crippen LogP contribution in [0.5, 0.6) is 0 Å². The molecule has 0 bridgehead atoms. The molecular weight excluding hydrogens is 346 g/mol. The predicted octanol–water partition coefficient (Wildman–Crippen LogP) is 1.65. The number of thioether (sulfide) groups is 1. The first kappa shape index (κ1) is 19.3. The van der Waals surface area contributed by atoms with Gasteiger partial charge >= 0.3 is 5.97 Å². The number of nitrogens with one attached hydrogen (secondary N) is 2. The van der Waals surface area contributed by atoms with Gasteiger partial charge in [0.25, 0.3) is 0 Å². The van der Waals surface area contributed by atoms with Gasteiger partial charge in [-0.15, -0.1) is 11.8 Å². The summed E-state index contributed by atoms with van der Waals surface area (Å²) in [7, 11) is 0. The quantitative estimate of drug-likeness (QED) is 0.670. The molecule has 1 aliphatic rings. The monoisotopic (exact) mass is 369 g/mol. The number of rotatable bonds is 8. The summed E-state index contributed by atoms with van der Waals surface area (Å²) >= 11 is 1.17. The maximum absolute atomic E-state index is 12.2.